The summed E-state index contributed by atoms with van der Waals surface area (Å²) >= 11 is 4.14. The third-order valence-electron chi connectivity index (χ3n) is 2.15. The van der Waals surface area contributed by atoms with E-state index in [0.29, 0.717) is 9.92 Å². The minimum absolute atomic E-state index is 0.237. The number of nitrogens with zero attached hydrogens (tertiary/aromatic N) is 1. The van der Waals surface area contributed by atoms with Crippen LogP contribution in [0.15, 0.2) is 43.7 Å². The molecule has 0 saturated heterocycles. The van der Waals surface area contributed by atoms with E-state index < -0.39 is 17.3 Å². The van der Waals surface area contributed by atoms with Crippen LogP contribution >= 0.6 is 27.7 Å². The Morgan fingerprint density at radius 2 is 2.21 bits per heavy atom. The van der Waals surface area contributed by atoms with Crippen molar-refractivity contribution < 1.29 is 14.3 Å². The molecule has 2 N–H and O–H groups in total. The lowest BCUT2D eigenvalue weighted by molar-refractivity contribution is 0.0691. The number of rotatable bonds is 3. The molecule has 0 amide bonds. The first-order chi connectivity index (χ1) is 8.99. The smallest absolute Gasteiger partial charge is 0.338 e. The van der Waals surface area contributed by atoms with Crippen LogP contribution in [-0.2, 0) is 0 Å². The molecule has 2 aromatic rings. The van der Waals surface area contributed by atoms with Gasteiger partial charge in [0.15, 0.2) is 0 Å². The predicted molar refractivity (Wildman–Crippen MR) is 70.0 cm³/mol. The number of hydrogen-bond acceptors (Lipinski definition) is 4. The van der Waals surface area contributed by atoms with E-state index in [0.717, 1.165) is 17.8 Å². The zero-order valence-corrected chi connectivity index (χ0v) is 11.6. The van der Waals surface area contributed by atoms with E-state index >= 15 is 0 Å². The summed E-state index contributed by atoms with van der Waals surface area (Å²) in [6, 6.07) is 3.67. The highest BCUT2D eigenvalue weighted by Gasteiger charge is 2.13. The van der Waals surface area contributed by atoms with E-state index in [-0.39, 0.29) is 10.0 Å². The molecule has 0 atom stereocenters. The minimum atomic E-state index is -1.35. The summed E-state index contributed by atoms with van der Waals surface area (Å²) in [6.45, 7) is 0. The highest BCUT2D eigenvalue weighted by molar-refractivity contribution is 9.10. The van der Waals surface area contributed by atoms with Crippen molar-refractivity contribution in [2.24, 2.45) is 0 Å². The fraction of sp³-hybridized carbons (Fsp3) is 0. The van der Waals surface area contributed by atoms with Crippen molar-refractivity contribution in [2.75, 3.05) is 0 Å². The van der Waals surface area contributed by atoms with Crippen molar-refractivity contribution in [3.8, 4) is 0 Å². The van der Waals surface area contributed by atoms with Crippen LogP contribution in [0.4, 0.5) is 4.39 Å². The highest BCUT2D eigenvalue weighted by atomic mass is 79.9. The summed E-state index contributed by atoms with van der Waals surface area (Å²) in [4.78, 5) is 29.0. The lowest BCUT2D eigenvalue weighted by Gasteiger charge is -2.04. The van der Waals surface area contributed by atoms with Crippen LogP contribution < -0.4 is 5.56 Å². The zero-order valence-electron chi connectivity index (χ0n) is 9.18. The second kappa shape index (κ2) is 5.54. The molecule has 0 aliphatic heterocycles. The van der Waals surface area contributed by atoms with Gasteiger partial charge in [0.25, 0.3) is 5.56 Å². The summed E-state index contributed by atoms with van der Waals surface area (Å²) in [6.07, 6.45) is 1.23. The number of benzene rings is 1. The number of nitrogens with one attached hydrogen (secondary N) is 1. The molecule has 8 heteroatoms. The number of aromatic carboxylic acids is 1. The van der Waals surface area contributed by atoms with Gasteiger partial charge in [0.1, 0.15) is 15.3 Å². The van der Waals surface area contributed by atoms with E-state index in [1.165, 1.54) is 18.5 Å². The van der Waals surface area contributed by atoms with Gasteiger partial charge in [0, 0.05) is 4.90 Å². The number of carbonyl (C=O) groups is 1. The number of halogens is 2. The molecule has 1 aromatic heterocycles. The van der Waals surface area contributed by atoms with Gasteiger partial charge in [0.2, 0.25) is 0 Å². The van der Waals surface area contributed by atoms with Gasteiger partial charge in [-0.3, -0.25) is 4.79 Å². The maximum atomic E-state index is 13.2. The van der Waals surface area contributed by atoms with Crippen molar-refractivity contribution in [1.29, 1.82) is 0 Å². The lowest BCUT2D eigenvalue weighted by atomic mass is 10.2. The second-order valence-electron chi connectivity index (χ2n) is 3.40. The van der Waals surface area contributed by atoms with Crippen molar-refractivity contribution >= 4 is 33.7 Å². The Labute approximate surface area is 119 Å². The topological polar surface area (TPSA) is 83.0 Å². The van der Waals surface area contributed by atoms with E-state index in [4.69, 9.17) is 5.11 Å². The Hall–Kier alpha value is -1.67. The molecule has 5 nitrogen and oxygen atoms in total. The number of carboxylic acid groups (broad SMARTS) is 1. The molecule has 1 aromatic carbocycles. The molecule has 2 rings (SSSR count). The lowest BCUT2D eigenvalue weighted by Crippen LogP contribution is -2.08. The van der Waals surface area contributed by atoms with Crippen molar-refractivity contribution in [3.05, 3.63) is 50.7 Å². The van der Waals surface area contributed by atoms with Crippen LogP contribution in [0, 0.1) is 5.82 Å². The quantitative estimate of drug-likeness (QED) is 0.836. The number of aromatic amines is 1. The third-order valence-corrected chi connectivity index (χ3v) is 4.14. The third kappa shape index (κ3) is 3.02. The number of carboxylic acids is 1. The van der Waals surface area contributed by atoms with Gasteiger partial charge in [-0.05, 0) is 34.1 Å². The fourth-order valence-electron chi connectivity index (χ4n) is 1.28. The van der Waals surface area contributed by atoms with Gasteiger partial charge >= 0.3 is 5.97 Å². The molecule has 0 radical (unpaired) electrons. The Kier molecular flexibility index (Phi) is 4.01. The van der Waals surface area contributed by atoms with Crippen LogP contribution in [0.2, 0.25) is 0 Å². The second-order valence-corrected chi connectivity index (χ2v) is 5.25. The number of hydrogen-bond donors (Lipinski definition) is 2. The van der Waals surface area contributed by atoms with Crippen LogP contribution in [0.3, 0.4) is 0 Å². The molecule has 1 heterocycles. The molecular weight excluding hydrogens is 339 g/mol. The molecule has 0 bridgehead atoms. The predicted octanol–water partition coefficient (Wildman–Crippen LogP) is 2.52. The van der Waals surface area contributed by atoms with Gasteiger partial charge in [-0.15, -0.1) is 0 Å². The first kappa shape index (κ1) is 13.8. The molecule has 0 fully saturated rings. The molecule has 98 valence electrons. The molecule has 19 heavy (non-hydrogen) atoms. The van der Waals surface area contributed by atoms with Crippen LogP contribution in [0.5, 0.6) is 0 Å². The molecule has 0 unspecified atom stereocenters. The standard InChI is InChI=1S/C11H6BrFN2O3S/c12-8-9(16)14-4-15-10(8)19-5-1-2-7(13)6(3-5)11(17)18/h1-4H,(H,17,18)(H,14,15,16). The van der Waals surface area contributed by atoms with E-state index in [9.17, 15) is 14.0 Å². The molecule has 0 aliphatic rings. The molecule has 0 spiro atoms. The number of aromatic nitrogens is 2. The summed E-state index contributed by atoms with van der Waals surface area (Å²) in [5.74, 6) is -2.16. The first-order valence-electron chi connectivity index (χ1n) is 4.93. The average molecular weight is 345 g/mol. The Bertz CT molecular complexity index is 705. The number of H-pyrrole nitrogens is 1. The average Bonchev–Trinajstić information content (AvgIpc) is 2.37. The van der Waals surface area contributed by atoms with Gasteiger partial charge in [0.05, 0.1) is 11.9 Å². The first-order valence-corrected chi connectivity index (χ1v) is 6.54. The van der Waals surface area contributed by atoms with Crippen LogP contribution in [0.1, 0.15) is 10.4 Å². The van der Waals surface area contributed by atoms with Crippen molar-refractivity contribution in [2.45, 2.75) is 9.92 Å². The van der Waals surface area contributed by atoms with E-state index in [1.54, 1.807) is 0 Å². The van der Waals surface area contributed by atoms with Gasteiger partial charge in [-0.25, -0.2) is 14.2 Å². The van der Waals surface area contributed by atoms with Gasteiger partial charge in [-0.1, -0.05) is 11.8 Å². The Morgan fingerprint density at radius 1 is 1.47 bits per heavy atom. The zero-order chi connectivity index (χ0) is 14.0. The maximum Gasteiger partial charge on any atom is 0.338 e. The summed E-state index contributed by atoms with van der Waals surface area (Å²) in [7, 11) is 0. The SMILES string of the molecule is O=C(O)c1cc(Sc2nc[nH]c(=O)c2Br)ccc1F. The summed E-state index contributed by atoms with van der Waals surface area (Å²) in [5.41, 5.74) is -0.774. The normalized spacial score (nSPS) is 10.4. The van der Waals surface area contributed by atoms with E-state index in [2.05, 4.69) is 25.9 Å². The monoisotopic (exact) mass is 344 g/mol. The summed E-state index contributed by atoms with van der Waals surface area (Å²) in [5, 5.41) is 9.19. The Balaban J connectivity index is 2.39. The van der Waals surface area contributed by atoms with E-state index in [1.807, 2.05) is 0 Å². The fourth-order valence-corrected chi connectivity index (χ4v) is 2.56. The largest absolute Gasteiger partial charge is 0.478 e. The van der Waals surface area contributed by atoms with Crippen LogP contribution in [0.25, 0.3) is 0 Å². The van der Waals surface area contributed by atoms with Gasteiger partial charge < -0.3 is 10.1 Å². The molecular formula is C11H6BrFN2O3S. The summed E-state index contributed by atoms with van der Waals surface area (Å²) < 4.78 is 13.5. The van der Waals surface area contributed by atoms with Crippen LogP contribution in [-0.4, -0.2) is 21.0 Å². The molecule has 0 aliphatic carbocycles. The molecule has 0 saturated carbocycles. The minimum Gasteiger partial charge on any atom is -0.478 e. The van der Waals surface area contributed by atoms with Gasteiger partial charge in [-0.2, -0.15) is 0 Å². The Morgan fingerprint density at radius 3 is 2.89 bits per heavy atom. The van der Waals surface area contributed by atoms with Crippen molar-refractivity contribution in [1.82, 2.24) is 9.97 Å². The van der Waals surface area contributed by atoms with Crippen molar-refractivity contribution in [3.63, 3.8) is 0 Å². The highest BCUT2D eigenvalue weighted by Crippen LogP contribution is 2.30. The maximum absolute atomic E-state index is 13.2.